The molecule has 0 bridgehead atoms. The predicted octanol–water partition coefficient (Wildman–Crippen LogP) is 5.59. The fraction of sp³-hybridized carbons (Fsp3) is 0.393. The molecule has 0 saturated carbocycles. The van der Waals surface area contributed by atoms with Crippen molar-refractivity contribution in [3.05, 3.63) is 65.6 Å². The molecule has 7 nitrogen and oxygen atoms in total. The Morgan fingerprint density at radius 3 is 2.46 bits per heavy atom. The molecule has 9 heteroatoms. The lowest BCUT2D eigenvalue weighted by molar-refractivity contribution is 0.166. The van der Waals surface area contributed by atoms with E-state index in [4.69, 9.17) is 0 Å². The zero-order valence-corrected chi connectivity index (χ0v) is 21.9. The van der Waals surface area contributed by atoms with Crippen molar-refractivity contribution in [3.8, 4) is 11.3 Å². The minimum absolute atomic E-state index is 0.0334. The van der Waals surface area contributed by atoms with Crippen LogP contribution in [0.3, 0.4) is 0 Å². The number of nitrogens with zero attached hydrogens (tertiary/aromatic N) is 5. The van der Waals surface area contributed by atoms with E-state index in [-0.39, 0.29) is 17.7 Å². The molecule has 1 aliphatic rings. The molecule has 0 spiro atoms. The van der Waals surface area contributed by atoms with E-state index in [2.05, 4.69) is 44.3 Å². The van der Waals surface area contributed by atoms with Crippen molar-refractivity contribution >= 4 is 22.7 Å². The first-order valence-corrected chi connectivity index (χ1v) is 12.7. The fourth-order valence-electron chi connectivity index (χ4n) is 5.40. The van der Waals surface area contributed by atoms with Crippen molar-refractivity contribution in [2.45, 2.75) is 59.3 Å². The van der Waals surface area contributed by atoms with Crippen LogP contribution in [0, 0.1) is 18.6 Å². The number of fused-ring (bicyclic) bond motifs is 1. The quantitative estimate of drug-likeness (QED) is 0.356. The highest BCUT2D eigenvalue weighted by Gasteiger charge is 2.21. The molecule has 1 aromatic carbocycles. The monoisotopic (exact) mass is 505 g/mol. The van der Waals surface area contributed by atoms with E-state index in [0.29, 0.717) is 34.4 Å². The van der Waals surface area contributed by atoms with Gasteiger partial charge in [0.15, 0.2) is 5.82 Å². The number of aryl methyl sites for hydroxylation is 1. The summed E-state index contributed by atoms with van der Waals surface area (Å²) in [6.45, 7) is 13.2. The summed E-state index contributed by atoms with van der Waals surface area (Å²) >= 11 is 0. The molecule has 0 radical (unpaired) electrons. The first-order chi connectivity index (χ1) is 17.7. The Labute approximate surface area is 216 Å². The first kappa shape index (κ1) is 25.2. The second kappa shape index (κ2) is 10.1. The molecule has 4 heterocycles. The van der Waals surface area contributed by atoms with Crippen molar-refractivity contribution in [2.75, 3.05) is 18.4 Å². The molecule has 1 fully saturated rings. The van der Waals surface area contributed by atoms with Crippen LogP contribution in [0.5, 0.6) is 0 Å². The molecule has 0 aliphatic carbocycles. The van der Waals surface area contributed by atoms with Crippen molar-refractivity contribution in [1.82, 2.24) is 29.7 Å². The first-order valence-electron chi connectivity index (χ1n) is 12.7. The molecule has 1 aliphatic heterocycles. The largest absolute Gasteiger partial charge is 0.342 e. The Bertz CT molecular complexity index is 1400. The number of halogens is 2. The van der Waals surface area contributed by atoms with Gasteiger partial charge in [0.05, 0.1) is 11.7 Å². The minimum atomic E-state index is -0.619. The summed E-state index contributed by atoms with van der Waals surface area (Å²) in [7, 11) is 0. The summed E-state index contributed by atoms with van der Waals surface area (Å²) in [6, 6.07) is 9.84. The average Bonchev–Trinajstić information content (AvgIpc) is 3.17. The zero-order chi connectivity index (χ0) is 26.3. The van der Waals surface area contributed by atoms with Gasteiger partial charge in [-0.3, -0.25) is 4.90 Å². The summed E-state index contributed by atoms with van der Waals surface area (Å²) in [5.74, 6) is -0.286. The lowest BCUT2D eigenvalue weighted by Gasteiger charge is -2.36. The molecule has 5 rings (SSSR count). The molecule has 3 aromatic heterocycles. The van der Waals surface area contributed by atoms with E-state index < -0.39 is 11.6 Å². The van der Waals surface area contributed by atoms with Gasteiger partial charge in [0.25, 0.3) is 0 Å². The highest BCUT2D eigenvalue weighted by atomic mass is 19.1. The normalized spacial score (nSPS) is 18.6. The van der Waals surface area contributed by atoms with Gasteiger partial charge in [0.2, 0.25) is 5.95 Å². The number of pyridine rings is 1. The van der Waals surface area contributed by atoms with Gasteiger partial charge in [-0.25, -0.2) is 23.7 Å². The number of rotatable bonds is 6. The summed E-state index contributed by atoms with van der Waals surface area (Å²) < 4.78 is 31.9. The van der Waals surface area contributed by atoms with E-state index >= 15 is 4.39 Å². The average molecular weight is 506 g/mol. The Morgan fingerprint density at radius 1 is 1.03 bits per heavy atom. The Balaban J connectivity index is 1.37. The van der Waals surface area contributed by atoms with Crippen LogP contribution in [0.1, 0.15) is 45.0 Å². The van der Waals surface area contributed by atoms with Gasteiger partial charge < -0.3 is 15.2 Å². The topological polar surface area (TPSA) is 70.9 Å². The van der Waals surface area contributed by atoms with Gasteiger partial charge >= 0.3 is 0 Å². The van der Waals surface area contributed by atoms with Gasteiger partial charge in [-0.2, -0.15) is 0 Å². The van der Waals surface area contributed by atoms with E-state index in [9.17, 15) is 4.39 Å². The maximum absolute atomic E-state index is 15.0. The van der Waals surface area contributed by atoms with Gasteiger partial charge in [-0.15, -0.1) is 0 Å². The number of aromatic nitrogens is 4. The van der Waals surface area contributed by atoms with Gasteiger partial charge in [0, 0.05) is 60.6 Å². The SMILES string of the molecule is Cc1cc2c(F)cc(-c3nc(Nc4ccc(CN5CC(C)NC(C)C5)cn4)ncc3F)cc2n1C(C)C. The van der Waals surface area contributed by atoms with Crippen LogP contribution in [0.4, 0.5) is 20.5 Å². The van der Waals surface area contributed by atoms with Crippen LogP contribution in [-0.4, -0.2) is 49.6 Å². The maximum Gasteiger partial charge on any atom is 0.229 e. The van der Waals surface area contributed by atoms with Crippen LogP contribution >= 0.6 is 0 Å². The van der Waals surface area contributed by atoms with Crippen LogP contribution in [-0.2, 0) is 6.54 Å². The number of hydrogen-bond donors (Lipinski definition) is 2. The van der Waals surface area contributed by atoms with Gasteiger partial charge in [0.1, 0.15) is 17.3 Å². The van der Waals surface area contributed by atoms with Gasteiger partial charge in [-0.05, 0) is 64.4 Å². The highest BCUT2D eigenvalue weighted by Crippen LogP contribution is 2.32. The van der Waals surface area contributed by atoms with E-state index in [1.807, 2.05) is 49.7 Å². The third-order valence-corrected chi connectivity index (χ3v) is 6.74. The number of hydrogen-bond acceptors (Lipinski definition) is 6. The smallest absolute Gasteiger partial charge is 0.229 e. The standard InChI is InChI=1S/C28H33F2N7/c1-16(2)37-19(5)8-22-23(29)9-21(10-25(22)37)27-24(30)12-32-28(35-27)34-26-7-6-20(11-31-26)15-36-13-17(3)33-18(4)14-36/h6-12,16-18,33H,13-15H2,1-5H3,(H,31,32,34,35). The molecule has 0 amide bonds. The molecule has 2 atom stereocenters. The highest BCUT2D eigenvalue weighted by molar-refractivity contribution is 5.87. The predicted molar refractivity (Wildman–Crippen MR) is 143 cm³/mol. The van der Waals surface area contributed by atoms with Crippen LogP contribution < -0.4 is 10.6 Å². The van der Waals surface area contributed by atoms with E-state index in [1.54, 1.807) is 6.07 Å². The molecule has 4 aromatic rings. The number of benzene rings is 1. The Kier molecular flexibility index (Phi) is 6.92. The molecule has 2 unspecified atom stereocenters. The van der Waals surface area contributed by atoms with E-state index in [0.717, 1.165) is 37.1 Å². The molecular weight excluding hydrogens is 472 g/mol. The maximum atomic E-state index is 15.0. The van der Waals surface area contributed by atoms with Gasteiger partial charge in [-0.1, -0.05) is 6.07 Å². The number of anilines is 2. The second-order valence-electron chi connectivity index (χ2n) is 10.4. The Morgan fingerprint density at radius 2 is 1.78 bits per heavy atom. The summed E-state index contributed by atoms with van der Waals surface area (Å²) in [5.41, 5.74) is 3.16. The van der Waals surface area contributed by atoms with Crippen molar-refractivity contribution in [3.63, 3.8) is 0 Å². The van der Waals surface area contributed by atoms with Crippen molar-refractivity contribution < 1.29 is 8.78 Å². The fourth-order valence-corrected chi connectivity index (χ4v) is 5.40. The Hall–Kier alpha value is -3.43. The molecule has 194 valence electrons. The number of nitrogens with one attached hydrogen (secondary N) is 2. The third-order valence-electron chi connectivity index (χ3n) is 6.74. The summed E-state index contributed by atoms with van der Waals surface area (Å²) in [6.07, 6.45) is 2.93. The lowest BCUT2D eigenvalue weighted by Crippen LogP contribution is -2.53. The van der Waals surface area contributed by atoms with Crippen molar-refractivity contribution in [2.24, 2.45) is 0 Å². The van der Waals surface area contributed by atoms with Crippen LogP contribution in [0.25, 0.3) is 22.2 Å². The zero-order valence-electron chi connectivity index (χ0n) is 21.9. The minimum Gasteiger partial charge on any atom is -0.342 e. The summed E-state index contributed by atoms with van der Waals surface area (Å²) in [5, 5.41) is 7.10. The van der Waals surface area contributed by atoms with E-state index in [1.165, 1.54) is 6.07 Å². The summed E-state index contributed by atoms with van der Waals surface area (Å²) in [4.78, 5) is 15.4. The van der Waals surface area contributed by atoms with Crippen LogP contribution in [0.15, 0.2) is 42.7 Å². The van der Waals surface area contributed by atoms with Crippen molar-refractivity contribution in [1.29, 1.82) is 0 Å². The molecule has 2 N–H and O–H groups in total. The number of piperazine rings is 1. The molecule has 1 saturated heterocycles. The molecular formula is C28H33F2N7. The van der Waals surface area contributed by atoms with Crippen LogP contribution in [0.2, 0.25) is 0 Å². The molecule has 37 heavy (non-hydrogen) atoms. The lowest BCUT2D eigenvalue weighted by atomic mass is 10.1. The second-order valence-corrected chi connectivity index (χ2v) is 10.4. The third kappa shape index (κ3) is 5.33.